The van der Waals surface area contributed by atoms with Crippen LogP contribution in [-0.2, 0) is 16.1 Å². The number of aryl methyl sites for hydroxylation is 1. The van der Waals surface area contributed by atoms with E-state index in [9.17, 15) is 4.79 Å². The van der Waals surface area contributed by atoms with Crippen molar-refractivity contribution in [2.45, 2.75) is 32.4 Å². The fraction of sp³-hybridized carbons (Fsp3) is 0.636. The van der Waals surface area contributed by atoms with Gasteiger partial charge in [0, 0.05) is 24.9 Å². The summed E-state index contributed by atoms with van der Waals surface area (Å²) in [5.41, 5.74) is 0.869. The second kappa shape index (κ2) is 4.65. The first-order chi connectivity index (χ1) is 7.72. The van der Waals surface area contributed by atoms with Gasteiger partial charge in [0.25, 0.3) is 0 Å². The molecule has 5 nitrogen and oxygen atoms in total. The molecule has 0 aromatic carbocycles. The fourth-order valence-electron chi connectivity index (χ4n) is 2.06. The summed E-state index contributed by atoms with van der Waals surface area (Å²) in [6.45, 7) is 3.41. The van der Waals surface area contributed by atoms with Gasteiger partial charge in [0.2, 0.25) is 0 Å². The van der Waals surface area contributed by atoms with E-state index in [1.165, 1.54) is 0 Å². The van der Waals surface area contributed by atoms with Crippen molar-refractivity contribution in [3.05, 3.63) is 18.0 Å². The highest BCUT2D eigenvalue weighted by molar-refractivity contribution is 5.71. The molecule has 0 spiro atoms. The van der Waals surface area contributed by atoms with Gasteiger partial charge in [0.05, 0.1) is 18.2 Å². The molecule has 1 fully saturated rings. The van der Waals surface area contributed by atoms with E-state index in [0.29, 0.717) is 13.0 Å². The van der Waals surface area contributed by atoms with Crippen LogP contribution in [0.5, 0.6) is 0 Å². The molecule has 0 aliphatic carbocycles. The van der Waals surface area contributed by atoms with Gasteiger partial charge >= 0.3 is 5.97 Å². The second-order valence-electron chi connectivity index (χ2n) is 4.01. The van der Waals surface area contributed by atoms with Crippen LogP contribution in [0.15, 0.2) is 12.4 Å². The summed E-state index contributed by atoms with van der Waals surface area (Å²) < 4.78 is 7.35. The summed E-state index contributed by atoms with van der Waals surface area (Å²) in [7, 11) is 0. The van der Waals surface area contributed by atoms with Gasteiger partial charge < -0.3 is 9.84 Å². The maximum atomic E-state index is 11.1. The number of ether oxygens (including phenoxy) is 1. The van der Waals surface area contributed by atoms with Crippen molar-refractivity contribution in [2.75, 3.05) is 6.61 Å². The summed E-state index contributed by atoms with van der Waals surface area (Å²) in [6, 6.07) is 0. The second-order valence-corrected chi connectivity index (χ2v) is 4.01. The maximum absolute atomic E-state index is 11.1. The van der Waals surface area contributed by atoms with Gasteiger partial charge in [-0.3, -0.25) is 9.48 Å². The Balaban J connectivity index is 2.19. The third kappa shape index (κ3) is 2.09. The molecule has 2 atom stereocenters. The minimum Gasteiger partial charge on any atom is -0.481 e. The number of aromatic nitrogens is 2. The van der Waals surface area contributed by atoms with Gasteiger partial charge in [0.1, 0.15) is 0 Å². The summed E-state index contributed by atoms with van der Waals surface area (Å²) in [5, 5.41) is 13.3. The Kier molecular flexibility index (Phi) is 3.24. The highest BCUT2D eigenvalue weighted by atomic mass is 16.5. The van der Waals surface area contributed by atoms with Gasteiger partial charge in [0.15, 0.2) is 0 Å². The Bertz CT molecular complexity index is 375. The first-order valence-electron chi connectivity index (χ1n) is 5.59. The zero-order valence-corrected chi connectivity index (χ0v) is 9.30. The van der Waals surface area contributed by atoms with E-state index in [1.807, 2.05) is 13.1 Å². The predicted octanol–water partition coefficient (Wildman–Crippen LogP) is 1.46. The van der Waals surface area contributed by atoms with Gasteiger partial charge in [-0.25, -0.2) is 0 Å². The Labute approximate surface area is 94.0 Å². The fourth-order valence-corrected chi connectivity index (χ4v) is 2.06. The summed E-state index contributed by atoms with van der Waals surface area (Å²) in [4.78, 5) is 11.1. The lowest BCUT2D eigenvalue weighted by molar-refractivity contribution is -0.151. The van der Waals surface area contributed by atoms with Crippen molar-refractivity contribution in [3.63, 3.8) is 0 Å². The van der Waals surface area contributed by atoms with Crippen LogP contribution in [-0.4, -0.2) is 27.5 Å². The van der Waals surface area contributed by atoms with Crippen LogP contribution in [0.2, 0.25) is 0 Å². The van der Waals surface area contributed by atoms with Crippen LogP contribution in [0.3, 0.4) is 0 Å². The summed E-state index contributed by atoms with van der Waals surface area (Å²) >= 11 is 0. The molecule has 5 heteroatoms. The number of carboxylic acid groups (broad SMARTS) is 1. The van der Waals surface area contributed by atoms with E-state index >= 15 is 0 Å². The molecular formula is C11H16N2O3. The number of carbonyl (C=O) groups is 1. The molecule has 2 rings (SSSR count). The molecule has 16 heavy (non-hydrogen) atoms. The molecule has 0 amide bonds. The van der Waals surface area contributed by atoms with E-state index < -0.39 is 11.9 Å². The molecule has 1 N–H and O–H groups in total. The highest BCUT2D eigenvalue weighted by Gasteiger charge is 2.33. The topological polar surface area (TPSA) is 64.3 Å². The first kappa shape index (κ1) is 11.1. The number of hydrogen-bond donors (Lipinski definition) is 1. The summed E-state index contributed by atoms with van der Waals surface area (Å²) in [5.74, 6) is -1.22. The Morgan fingerprint density at radius 3 is 3.19 bits per heavy atom. The van der Waals surface area contributed by atoms with E-state index in [2.05, 4.69) is 5.10 Å². The zero-order chi connectivity index (χ0) is 11.5. The van der Waals surface area contributed by atoms with Crippen molar-refractivity contribution >= 4 is 5.97 Å². The molecule has 2 heterocycles. The third-order valence-electron chi connectivity index (χ3n) is 2.95. The molecule has 1 aromatic rings. The van der Waals surface area contributed by atoms with Crippen molar-refractivity contribution in [3.8, 4) is 0 Å². The average molecular weight is 224 g/mol. The molecule has 1 saturated heterocycles. The summed E-state index contributed by atoms with van der Waals surface area (Å²) in [6.07, 6.45) is 4.72. The van der Waals surface area contributed by atoms with Crippen LogP contribution < -0.4 is 0 Å². The minimum atomic E-state index is -0.783. The SMILES string of the molecule is CCn1cc([C@H]2OCCC[C@@H]2C(=O)O)cn1. The highest BCUT2D eigenvalue weighted by Crippen LogP contribution is 2.33. The normalized spacial score (nSPS) is 25.6. The van der Waals surface area contributed by atoms with Gasteiger partial charge in [-0.05, 0) is 19.8 Å². The van der Waals surface area contributed by atoms with Crippen LogP contribution in [0.4, 0.5) is 0 Å². The molecule has 1 aliphatic rings. The number of carboxylic acids is 1. The van der Waals surface area contributed by atoms with Crippen molar-refractivity contribution in [1.29, 1.82) is 0 Å². The Hall–Kier alpha value is -1.36. The van der Waals surface area contributed by atoms with Crippen LogP contribution in [0.1, 0.15) is 31.4 Å². The predicted molar refractivity (Wildman–Crippen MR) is 57.0 cm³/mol. The smallest absolute Gasteiger partial charge is 0.309 e. The molecular weight excluding hydrogens is 208 g/mol. The Morgan fingerprint density at radius 1 is 1.75 bits per heavy atom. The minimum absolute atomic E-state index is 0.341. The molecule has 0 saturated carbocycles. The van der Waals surface area contributed by atoms with E-state index in [-0.39, 0.29) is 6.10 Å². The zero-order valence-electron chi connectivity index (χ0n) is 9.30. The monoisotopic (exact) mass is 224 g/mol. The lowest BCUT2D eigenvalue weighted by Crippen LogP contribution is -2.28. The molecule has 0 radical (unpaired) electrons. The number of aliphatic carboxylic acids is 1. The van der Waals surface area contributed by atoms with Crippen LogP contribution in [0, 0.1) is 5.92 Å². The van der Waals surface area contributed by atoms with Crippen molar-refractivity contribution < 1.29 is 14.6 Å². The third-order valence-corrected chi connectivity index (χ3v) is 2.95. The first-order valence-corrected chi connectivity index (χ1v) is 5.59. The average Bonchev–Trinajstić information content (AvgIpc) is 2.77. The molecule has 0 unspecified atom stereocenters. The quantitative estimate of drug-likeness (QED) is 0.844. The van der Waals surface area contributed by atoms with Gasteiger partial charge in [-0.1, -0.05) is 0 Å². The molecule has 88 valence electrons. The van der Waals surface area contributed by atoms with E-state index in [0.717, 1.165) is 18.5 Å². The number of nitrogens with zero attached hydrogens (tertiary/aromatic N) is 2. The lowest BCUT2D eigenvalue weighted by Gasteiger charge is -2.28. The standard InChI is InChI=1S/C11H16N2O3/c1-2-13-7-8(6-12-13)10-9(11(14)15)4-3-5-16-10/h6-7,9-10H,2-5H2,1H3,(H,14,15)/t9-,10+/m0/s1. The lowest BCUT2D eigenvalue weighted by atomic mass is 9.91. The van der Waals surface area contributed by atoms with Crippen molar-refractivity contribution in [2.24, 2.45) is 5.92 Å². The van der Waals surface area contributed by atoms with Crippen molar-refractivity contribution in [1.82, 2.24) is 9.78 Å². The van der Waals surface area contributed by atoms with Crippen LogP contribution in [0.25, 0.3) is 0 Å². The molecule has 1 aromatic heterocycles. The molecule has 1 aliphatic heterocycles. The largest absolute Gasteiger partial charge is 0.481 e. The Morgan fingerprint density at radius 2 is 2.56 bits per heavy atom. The van der Waals surface area contributed by atoms with Gasteiger partial charge in [-0.15, -0.1) is 0 Å². The number of rotatable bonds is 3. The number of hydrogen-bond acceptors (Lipinski definition) is 3. The van der Waals surface area contributed by atoms with E-state index in [4.69, 9.17) is 9.84 Å². The van der Waals surface area contributed by atoms with Crippen LogP contribution >= 0.6 is 0 Å². The molecule has 0 bridgehead atoms. The van der Waals surface area contributed by atoms with E-state index in [1.54, 1.807) is 10.9 Å². The maximum Gasteiger partial charge on any atom is 0.309 e. The van der Waals surface area contributed by atoms with Gasteiger partial charge in [-0.2, -0.15) is 5.10 Å².